The topological polar surface area (TPSA) is 149 Å². The number of aryl methyl sites for hydroxylation is 1. The second-order valence-corrected chi connectivity index (χ2v) is 7.59. The summed E-state index contributed by atoms with van der Waals surface area (Å²) >= 11 is 0. The summed E-state index contributed by atoms with van der Waals surface area (Å²) in [5.74, 6) is 0. The van der Waals surface area contributed by atoms with Crippen molar-refractivity contribution in [3.63, 3.8) is 0 Å². The molecule has 0 aromatic carbocycles. The third kappa shape index (κ3) is 4.49. The minimum absolute atomic E-state index is 0.131. The van der Waals surface area contributed by atoms with Crippen LogP contribution in [0, 0.1) is 6.92 Å². The van der Waals surface area contributed by atoms with Crippen molar-refractivity contribution in [2.45, 2.75) is 45.5 Å². The lowest BCUT2D eigenvalue weighted by Gasteiger charge is -2.20. The van der Waals surface area contributed by atoms with E-state index in [4.69, 9.17) is 18.5 Å². The highest BCUT2D eigenvalue weighted by atomic mass is 31.2. The Hall–Kier alpha value is -1.33. The first-order valence-corrected chi connectivity index (χ1v) is 9.78. The lowest BCUT2D eigenvalue weighted by Crippen LogP contribution is -2.38. The molecule has 3 N–H and O–H groups in total. The van der Waals surface area contributed by atoms with Crippen LogP contribution in [0.3, 0.4) is 0 Å². The highest BCUT2D eigenvalue weighted by Gasteiger charge is 2.46. The van der Waals surface area contributed by atoms with Gasteiger partial charge in [-0.05, 0) is 20.8 Å². The van der Waals surface area contributed by atoms with E-state index in [1.54, 1.807) is 13.8 Å². The molecule has 0 radical (unpaired) electrons. The van der Waals surface area contributed by atoms with E-state index in [9.17, 15) is 24.4 Å². The first-order valence-electron chi connectivity index (χ1n) is 8.05. The van der Waals surface area contributed by atoms with Crippen LogP contribution in [0.1, 0.15) is 25.6 Å². The van der Waals surface area contributed by atoms with Crippen LogP contribution in [0.5, 0.6) is 0 Å². The molecule has 1 aliphatic rings. The van der Waals surface area contributed by atoms with E-state index in [0.29, 0.717) is 0 Å². The number of rotatable bonds is 8. The van der Waals surface area contributed by atoms with Gasteiger partial charge in [0, 0.05) is 11.8 Å². The Bertz CT molecular complexity index is 766. The van der Waals surface area contributed by atoms with E-state index >= 15 is 0 Å². The number of ether oxygens (including phenoxy) is 2. The zero-order valence-electron chi connectivity index (χ0n) is 14.7. The Morgan fingerprint density at radius 2 is 1.85 bits per heavy atom. The number of aromatic amines is 1. The van der Waals surface area contributed by atoms with E-state index in [1.165, 1.54) is 13.1 Å². The van der Waals surface area contributed by atoms with Crippen molar-refractivity contribution in [2.24, 2.45) is 0 Å². The highest BCUT2D eigenvalue weighted by Crippen LogP contribution is 2.48. The van der Waals surface area contributed by atoms with Crippen molar-refractivity contribution in [2.75, 3.05) is 19.6 Å². The maximum atomic E-state index is 12.4. The second kappa shape index (κ2) is 8.57. The minimum atomic E-state index is -3.54. The number of nitrogens with zero attached hydrogens (tertiary/aromatic N) is 1. The van der Waals surface area contributed by atoms with Gasteiger partial charge in [-0.1, -0.05) is 0 Å². The van der Waals surface area contributed by atoms with Crippen LogP contribution >= 0.6 is 7.60 Å². The lowest BCUT2D eigenvalue weighted by atomic mass is 10.2. The smallest absolute Gasteiger partial charge is 0.356 e. The molecule has 0 amide bonds. The fraction of sp³-hybridized carbons (Fsp3) is 0.714. The molecule has 0 aliphatic carbocycles. The molecule has 1 aromatic heterocycles. The maximum Gasteiger partial charge on any atom is 0.356 e. The summed E-state index contributed by atoms with van der Waals surface area (Å²) in [5, 5.41) is 20.3. The van der Waals surface area contributed by atoms with Gasteiger partial charge in [-0.2, -0.15) is 0 Å². The number of hydrogen-bond donors (Lipinski definition) is 3. The molecule has 2 rings (SSSR count). The first kappa shape index (κ1) is 21.0. The summed E-state index contributed by atoms with van der Waals surface area (Å²) in [6, 6.07) is 0. The van der Waals surface area contributed by atoms with Gasteiger partial charge in [0.2, 0.25) is 0 Å². The lowest BCUT2D eigenvalue weighted by molar-refractivity contribution is -0.169. The number of hydrogen-bond acceptors (Lipinski definition) is 9. The largest absolute Gasteiger partial charge is 0.385 e. The summed E-state index contributed by atoms with van der Waals surface area (Å²) in [4.78, 5) is 25.5. The van der Waals surface area contributed by atoms with E-state index in [2.05, 4.69) is 4.98 Å². The molecule has 11 nitrogen and oxygen atoms in total. The molecule has 26 heavy (non-hydrogen) atoms. The number of aromatic nitrogens is 2. The standard InChI is InChI=1S/C14H23N2O9P/c1-4-23-26(21,24-5-2)7-22-13-10(18)9(17)12(25-13)16-6-8(3)11(19)15-14(16)20/h6,9-10,12-13,17-18H,4-5,7H2,1-3H3,(H,15,19,20)/t9-,10+,12-,13+/m0/s1. The molecule has 0 unspecified atom stereocenters. The summed E-state index contributed by atoms with van der Waals surface area (Å²) in [5.41, 5.74) is -1.16. The molecule has 1 aromatic rings. The molecule has 0 saturated carbocycles. The number of aliphatic hydroxyl groups is 2. The van der Waals surface area contributed by atoms with Crippen LogP contribution in [0.2, 0.25) is 0 Å². The predicted molar refractivity (Wildman–Crippen MR) is 88.8 cm³/mol. The van der Waals surface area contributed by atoms with Crippen LogP contribution in [-0.4, -0.2) is 57.8 Å². The molecule has 1 aliphatic heterocycles. The van der Waals surface area contributed by atoms with Gasteiger partial charge in [0.25, 0.3) is 5.56 Å². The molecule has 0 spiro atoms. The number of aliphatic hydroxyl groups excluding tert-OH is 2. The van der Waals surface area contributed by atoms with Crippen LogP contribution in [0.15, 0.2) is 15.8 Å². The fourth-order valence-corrected chi connectivity index (χ4v) is 3.78. The predicted octanol–water partition coefficient (Wildman–Crippen LogP) is -0.338. The van der Waals surface area contributed by atoms with Crippen molar-refractivity contribution in [3.05, 3.63) is 32.6 Å². The first-order chi connectivity index (χ1) is 12.2. The third-order valence-electron chi connectivity index (χ3n) is 3.66. The molecule has 148 valence electrons. The van der Waals surface area contributed by atoms with E-state index in [-0.39, 0.29) is 18.8 Å². The van der Waals surface area contributed by atoms with Gasteiger partial charge in [0.15, 0.2) is 18.9 Å². The Labute approximate surface area is 149 Å². The normalized spacial score (nSPS) is 26.3. The monoisotopic (exact) mass is 394 g/mol. The van der Waals surface area contributed by atoms with E-state index in [1.807, 2.05) is 0 Å². The van der Waals surface area contributed by atoms with E-state index in [0.717, 1.165) is 4.57 Å². The minimum Gasteiger partial charge on any atom is -0.385 e. The van der Waals surface area contributed by atoms with Crippen molar-refractivity contribution >= 4 is 7.60 Å². The number of nitrogens with one attached hydrogen (secondary N) is 1. The zero-order valence-corrected chi connectivity index (χ0v) is 15.5. The summed E-state index contributed by atoms with van der Waals surface area (Å²) < 4.78 is 34.1. The Balaban J connectivity index is 2.15. The summed E-state index contributed by atoms with van der Waals surface area (Å²) in [7, 11) is -3.54. The fourth-order valence-electron chi connectivity index (χ4n) is 2.44. The van der Waals surface area contributed by atoms with Crippen LogP contribution in [0.25, 0.3) is 0 Å². The Morgan fingerprint density at radius 3 is 2.42 bits per heavy atom. The second-order valence-electron chi connectivity index (χ2n) is 5.60. The summed E-state index contributed by atoms with van der Waals surface area (Å²) in [6.07, 6.45) is -5.00. The maximum absolute atomic E-state index is 12.4. The molecule has 2 heterocycles. The highest BCUT2D eigenvalue weighted by molar-refractivity contribution is 7.53. The van der Waals surface area contributed by atoms with Crippen molar-refractivity contribution in [1.82, 2.24) is 9.55 Å². The van der Waals surface area contributed by atoms with Gasteiger partial charge in [-0.15, -0.1) is 0 Å². The Kier molecular flexibility index (Phi) is 6.92. The Morgan fingerprint density at radius 1 is 1.23 bits per heavy atom. The molecular formula is C14H23N2O9P. The van der Waals surface area contributed by atoms with Crippen LogP contribution < -0.4 is 11.2 Å². The molecule has 4 atom stereocenters. The number of H-pyrrole nitrogens is 1. The van der Waals surface area contributed by atoms with Gasteiger partial charge in [0.1, 0.15) is 12.2 Å². The van der Waals surface area contributed by atoms with Crippen molar-refractivity contribution < 1.29 is 33.3 Å². The third-order valence-corrected chi connectivity index (χ3v) is 5.43. The van der Waals surface area contributed by atoms with Gasteiger partial charge < -0.3 is 28.7 Å². The van der Waals surface area contributed by atoms with E-state index < -0.39 is 49.9 Å². The average molecular weight is 394 g/mol. The molecular weight excluding hydrogens is 371 g/mol. The molecule has 12 heteroatoms. The van der Waals surface area contributed by atoms with Crippen LogP contribution in [-0.2, 0) is 23.1 Å². The quantitative estimate of drug-likeness (QED) is 0.503. The molecule has 1 saturated heterocycles. The SMILES string of the molecule is CCOP(=O)(CO[C@@H]1O[C@H](n2cc(C)c(=O)[nH]c2=O)[C@@H](O)[C@H]1O)OCC. The van der Waals surface area contributed by atoms with Gasteiger partial charge in [0.05, 0.1) is 13.2 Å². The molecule has 0 bridgehead atoms. The molecule has 1 fully saturated rings. The van der Waals surface area contributed by atoms with Gasteiger partial charge in [-0.25, -0.2) is 4.79 Å². The van der Waals surface area contributed by atoms with Crippen LogP contribution in [0.4, 0.5) is 0 Å². The average Bonchev–Trinajstić information content (AvgIpc) is 2.85. The van der Waals surface area contributed by atoms with Crippen molar-refractivity contribution in [1.29, 1.82) is 0 Å². The van der Waals surface area contributed by atoms with Gasteiger partial charge in [-0.3, -0.25) is 18.9 Å². The van der Waals surface area contributed by atoms with Crippen molar-refractivity contribution in [3.8, 4) is 0 Å². The zero-order chi connectivity index (χ0) is 19.5. The summed E-state index contributed by atoms with van der Waals surface area (Å²) in [6.45, 7) is 5.01. The van der Waals surface area contributed by atoms with Gasteiger partial charge >= 0.3 is 13.3 Å².